The van der Waals surface area contributed by atoms with E-state index in [0.717, 1.165) is 61.5 Å². The van der Waals surface area contributed by atoms with Gasteiger partial charge < -0.3 is 9.88 Å². The van der Waals surface area contributed by atoms with Crippen molar-refractivity contribution in [2.45, 2.75) is 51.1 Å². The summed E-state index contributed by atoms with van der Waals surface area (Å²) in [5.41, 5.74) is 2.85. The SMILES string of the molecule is O=C(CC1C=CCC1)N1CCC(c2nc3c(c(=O)[nH]2)CCN(Cc2cccnc2)C3)C1. The Morgan fingerprint density at radius 3 is 3.00 bits per heavy atom. The first-order valence-electron chi connectivity index (χ1n) is 11.3. The first-order chi connectivity index (χ1) is 15.2. The molecule has 0 bridgehead atoms. The third kappa shape index (κ3) is 4.46. The summed E-state index contributed by atoms with van der Waals surface area (Å²) in [7, 11) is 0. The highest BCUT2D eigenvalue weighted by Gasteiger charge is 2.31. The molecule has 162 valence electrons. The predicted octanol–water partition coefficient (Wildman–Crippen LogP) is 2.40. The number of carbonyl (C=O) groups excluding carboxylic acids is 1. The van der Waals surface area contributed by atoms with E-state index >= 15 is 0 Å². The summed E-state index contributed by atoms with van der Waals surface area (Å²) in [5.74, 6) is 1.46. The van der Waals surface area contributed by atoms with Crippen LogP contribution < -0.4 is 5.56 Å². The first-order valence-corrected chi connectivity index (χ1v) is 11.3. The maximum atomic E-state index is 12.7. The Bertz CT molecular complexity index is 1030. The number of carbonyl (C=O) groups is 1. The van der Waals surface area contributed by atoms with Crippen LogP contribution in [0.3, 0.4) is 0 Å². The number of aromatic amines is 1. The molecule has 0 saturated carbocycles. The summed E-state index contributed by atoms with van der Waals surface area (Å²) < 4.78 is 0. The van der Waals surface area contributed by atoms with Crippen molar-refractivity contribution in [3.63, 3.8) is 0 Å². The molecule has 1 fully saturated rings. The maximum Gasteiger partial charge on any atom is 0.254 e. The highest BCUT2D eigenvalue weighted by molar-refractivity contribution is 5.77. The molecule has 7 heteroatoms. The molecule has 2 atom stereocenters. The third-order valence-corrected chi connectivity index (χ3v) is 6.78. The predicted molar refractivity (Wildman–Crippen MR) is 117 cm³/mol. The fraction of sp³-hybridized carbons (Fsp3) is 0.500. The van der Waals surface area contributed by atoms with Gasteiger partial charge in [0.2, 0.25) is 5.91 Å². The number of hydrogen-bond donors (Lipinski definition) is 1. The number of fused-ring (bicyclic) bond motifs is 1. The van der Waals surface area contributed by atoms with Gasteiger partial charge in [-0.05, 0) is 43.2 Å². The number of likely N-dealkylation sites (tertiary alicyclic amines) is 1. The maximum absolute atomic E-state index is 12.7. The van der Waals surface area contributed by atoms with E-state index in [1.165, 1.54) is 0 Å². The van der Waals surface area contributed by atoms with E-state index in [0.29, 0.717) is 31.8 Å². The van der Waals surface area contributed by atoms with Crippen LogP contribution in [0.4, 0.5) is 0 Å². The number of pyridine rings is 1. The molecule has 2 unspecified atom stereocenters. The van der Waals surface area contributed by atoms with Crippen molar-refractivity contribution in [3.8, 4) is 0 Å². The van der Waals surface area contributed by atoms with E-state index < -0.39 is 0 Å². The molecule has 3 aliphatic rings. The van der Waals surface area contributed by atoms with Crippen LogP contribution in [0.25, 0.3) is 0 Å². The Morgan fingerprint density at radius 1 is 1.26 bits per heavy atom. The van der Waals surface area contributed by atoms with Crippen LogP contribution in [0.2, 0.25) is 0 Å². The van der Waals surface area contributed by atoms with Gasteiger partial charge in [0, 0.05) is 63.0 Å². The Balaban J connectivity index is 1.26. The standard InChI is InChI=1S/C24H29N5O2/c30-22(12-17-4-1-2-5-17)29-11-7-19(15-29)23-26-21-16-28(10-8-20(21)24(31)27-23)14-18-6-3-9-25-13-18/h1,3-4,6,9,13,17,19H,2,5,7-8,10-12,14-16H2,(H,26,27,31). The van der Waals surface area contributed by atoms with Crippen molar-refractivity contribution >= 4 is 5.91 Å². The summed E-state index contributed by atoms with van der Waals surface area (Å²) in [4.78, 5) is 41.8. The monoisotopic (exact) mass is 419 g/mol. The molecule has 0 spiro atoms. The molecule has 2 aromatic rings. The second-order valence-corrected chi connectivity index (χ2v) is 8.99. The van der Waals surface area contributed by atoms with E-state index in [4.69, 9.17) is 4.98 Å². The molecule has 4 heterocycles. The Labute approximate surface area is 182 Å². The van der Waals surface area contributed by atoms with Crippen LogP contribution >= 0.6 is 0 Å². The highest BCUT2D eigenvalue weighted by Crippen LogP contribution is 2.28. The minimum absolute atomic E-state index is 0.0121. The Kier molecular flexibility index (Phi) is 5.68. The molecule has 0 aromatic carbocycles. The molecule has 1 saturated heterocycles. The summed E-state index contributed by atoms with van der Waals surface area (Å²) in [5, 5.41) is 0. The second kappa shape index (κ2) is 8.75. The van der Waals surface area contributed by atoms with Gasteiger partial charge in [-0.2, -0.15) is 0 Å². The van der Waals surface area contributed by atoms with Crippen molar-refractivity contribution in [1.82, 2.24) is 24.8 Å². The summed E-state index contributed by atoms with van der Waals surface area (Å²) in [6.45, 7) is 3.71. The van der Waals surface area contributed by atoms with Crippen molar-refractivity contribution in [3.05, 3.63) is 69.7 Å². The number of aromatic nitrogens is 3. The first kappa shape index (κ1) is 20.1. The molecule has 5 rings (SSSR count). The van der Waals surface area contributed by atoms with E-state index in [-0.39, 0.29) is 17.4 Å². The van der Waals surface area contributed by atoms with Crippen molar-refractivity contribution in [2.24, 2.45) is 5.92 Å². The third-order valence-electron chi connectivity index (χ3n) is 6.78. The van der Waals surface area contributed by atoms with Crippen LogP contribution in [0.1, 0.15) is 54.2 Å². The Hall–Kier alpha value is -2.80. The average Bonchev–Trinajstić information content (AvgIpc) is 3.46. The van der Waals surface area contributed by atoms with Gasteiger partial charge in [-0.15, -0.1) is 0 Å². The van der Waals surface area contributed by atoms with Crippen molar-refractivity contribution in [1.29, 1.82) is 0 Å². The molecular formula is C24H29N5O2. The topological polar surface area (TPSA) is 82.2 Å². The normalized spacial score (nSPS) is 23.3. The minimum Gasteiger partial charge on any atom is -0.342 e. The number of allylic oxidation sites excluding steroid dienone is 2. The fourth-order valence-corrected chi connectivity index (χ4v) is 5.02. The molecular weight excluding hydrogens is 390 g/mol. The lowest BCUT2D eigenvalue weighted by Gasteiger charge is -2.28. The molecule has 7 nitrogen and oxygen atoms in total. The van der Waals surface area contributed by atoms with Crippen LogP contribution in [-0.2, 0) is 24.3 Å². The van der Waals surface area contributed by atoms with E-state index in [2.05, 4.69) is 33.1 Å². The number of H-pyrrole nitrogens is 1. The summed E-state index contributed by atoms with van der Waals surface area (Å²) in [6, 6.07) is 4.02. The molecule has 0 radical (unpaired) electrons. The van der Waals surface area contributed by atoms with Gasteiger partial charge in [0.1, 0.15) is 5.82 Å². The van der Waals surface area contributed by atoms with E-state index in [1.54, 1.807) is 6.20 Å². The average molecular weight is 420 g/mol. The van der Waals surface area contributed by atoms with Crippen molar-refractivity contribution < 1.29 is 4.79 Å². The van der Waals surface area contributed by atoms with Crippen LogP contribution in [0.15, 0.2) is 41.5 Å². The lowest BCUT2D eigenvalue weighted by atomic mass is 10.0. The zero-order valence-corrected chi connectivity index (χ0v) is 17.8. The molecule has 31 heavy (non-hydrogen) atoms. The second-order valence-electron chi connectivity index (χ2n) is 8.99. The number of nitrogens with zero attached hydrogens (tertiary/aromatic N) is 4. The number of amides is 1. The van der Waals surface area contributed by atoms with Gasteiger partial charge in [-0.3, -0.25) is 19.5 Å². The van der Waals surface area contributed by atoms with E-state index in [1.807, 2.05) is 17.2 Å². The van der Waals surface area contributed by atoms with Gasteiger partial charge in [-0.25, -0.2) is 4.98 Å². The van der Waals surface area contributed by atoms with Gasteiger partial charge in [0.15, 0.2) is 0 Å². The lowest BCUT2D eigenvalue weighted by Crippen LogP contribution is -2.36. The largest absolute Gasteiger partial charge is 0.342 e. The number of nitrogens with one attached hydrogen (secondary N) is 1. The van der Waals surface area contributed by atoms with Gasteiger partial charge in [0.25, 0.3) is 5.56 Å². The highest BCUT2D eigenvalue weighted by atomic mass is 16.2. The van der Waals surface area contributed by atoms with Gasteiger partial charge in [-0.1, -0.05) is 18.2 Å². The van der Waals surface area contributed by atoms with Crippen molar-refractivity contribution in [2.75, 3.05) is 19.6 Å². The Morgan fingerprint density at radius 2 is 2.19 bits per heavy atom. The number of hydrogen-bond acceptors (Lipinski definition) is 5. The molecule has 1 N–H and O–H groups in total. The van der Waals surface area contributed by atoms with Crippen LogP contribution in [0.5, 0.6) is 0 Å². The zero-order valence-electron chi connectivity index (χ0n) is 17.8. The smallest absolute Gasteiger partial charge is 0.254 e. The summed E-state index contributed by atoms with van der Waals surface area (Å²) >= 11 is 0. The molecule has 1 aliphatic carbocycles. The van der Waals surface area contributed by atoms with Crippen LogP contribution in [-0.4, -0.2) is 50.3 Å². The summed E-state index contributed by atoms with van der Waals surface area (Å²) in [6.07, 6.45) is 12.3. The van der Waals surface area contributed by atoms with Gasteiger partial charge >= 0.3 is 0 Å². The molecule has 1 amide bonds. The van der Waals surface area contributed by atoms with Gasteiger partial charge in [0.05, 0.1) is 5.69 Å². The molecule has 2 aliphatic heterocycles. The minimum atomic E-state index is -0.0121. The number of rotatable bonds is 5. The zero-order chi connectivity index (χ0) is 21.2. The molecule has 2 aromatic heterocycles. The van der Waals surface area contributed by atoms with Crippen LogP contribution in [0, 0.1) is 5.92 Å². The lowest BCUT2D eigenvalue weighted by molar-refractivity contribution is -0.130. The fourth-order valence-electron chi connectivity index (χ4n) is 5.02. The quantitative estimate of drug-likeness (QED) is 0.753. The van der Waals surface area contributed by atoms with E-state index in [9.17, 15) is 9.59 Å².